The van der Waals surface area contributed by atoms with Crippen molar-refractivity contribution >= 4 is 23.3 Å². The lowest BCUT2D eigenvalue weighted by Gasteiger charge is -2.34. The first-order chi connectivity index (χ1) is 23.2. The molecule has 3 amide bonds. The summed E-state index contributed by atoms with van der Waals surface area (Å²) in [6.07, 6.45) is -0.174. The Kier molecular flexibility index (Phi) is 10.1. The number of nitrogens with zero attached hydrogens (tertiary/aromatic N) is 2. The lowest BCUT2D eigenvalue weighted by atomic mass is 10.0. The van der Waals surface area contributed by atoms with Crippen LogP contribution in [0.5, 0.6) is 17.2 Å². The zero-order valence-corrected chi connectivity index (χ0v) is 27.5. The fourth-order valence-corrected chi connectivity index (χ4v) is 6.11. The minimum Gasteiger partial charge on any atom is -0.488 e. The Morgan fingerprint density at radius 3 is 2.31 bits per heavy atom. The van der Waals surface area contributed by atoms with Gasteiger partial charge in [0.05, 0.1) is 19.1 Å². The van der Waals surface area contributed by atoms with Gasteiger partial charge < -0.3 is 34.9 Å². The van der Waals surface area contributed by atoms with Crippen LogP contribution in [0, 0.1) is 5.92 Å². The molecule has 0 spiro atoms. The van der Waals surface area contributed by atoms with Gasteiger partial charge in [-0.1, -0.05) is 61.5 Å². The molecule has 2 heterocycles. The second kappa shape index (κ2) is 14.8. The number of nitrogens with one attached hydrogen (secondary N) is 2. The smallest absolute Gasteiger partial charge is 0.323 e. The molecule has 0 unspecified atom stereocenters. The van der Waals surface area contributed by atoms with E-state index >= 15 is 0 Å². The number of hydrogen-bond donors (Lipinski definition) is 3. The van der Waals surface area contributed by atoms with Crippen LogP contribution in [0.2, 0.25) is 0 Å². The van der Waals surface area contributed by atoms with Gasteiger partial charge in [0.25, 0.3) is 0 Å². The molecule has 0 saturated carbocycles. The quantitative estimate of drug-likeness (QED) is 0.204. The van der Waals surface area contributed by atoms with Crippen molar-refractivity contribution in [3.05, 3.63) is 102 Å². The van der Waals surface area contributed by atoms with Crippen LogP contribution in [0.1, 0.15) is 25.0 Å². The number of rotatable bonds is 9. The molecule has 250 valence electrons. The first-order valence-corrected chi connectivity index (χ1v) is 16.3. The van der Waals surface area contributed by atoms with Crippen LogP contribution in [-0.4, -0.2) is 72.5 Å². The Balaban J connectivity index is 1.17. The molecule has 0 fully saturated rings. The fourth-order valence-electron chi connectivity index (χ4n) is 6.11. The van der Waals surface area contributed by atoms with Crippen LogP contribution in [0.3, 0.4) is 0 Å². The van der Waals surface area contributed by atoms with Gasteiger partial charge in [-0.25, -0.2) is 4.79 Å². The number of carbonyl (C=O) groups is 2. The van der Waals surface area contributed by atoms with Crippen molar-refractivity contribution in [2.45, 2.75) is 39.0 Å². The Labute approximate surface area is 281 Å². The van der Waals surface area contributed by atoms with Gasteiger partial charge in [0.1, 0.15) is 11.9 Å². The Bertz CT molecular complexity index is 1730. The lowest BCUT2D eigenvalue weighted by Crippen LogP contribution is -2.47. The molecule has 4 aromatic rings. The minimum atomic E-state index is -0.440. The normalized spacial score (nSPS) is 17.9. The summed E-state index contributed by atoms with van der Waals surface area (Å²) in [7, 11) is 2.07. The van der Waals surface area contributed by atoms with Crippen molar-refractivity contribution in [3.63, 3.8) is 0 Å². The number of likely N-dealkylation sites (N-methyl/N-ethyl adjacent to an activating group) is 1. The van der Waals surface area contributed by atoms with Crippen LogP contribution in [-0.2, 0) is 17.8 Å². The summed E-state index contributed by atoms with van der Waals surface area (Å²) in [5.74, 6) is 1.66. The number of aliphatic hydroxyl groups excluding tert-OH is 1. The van der Waals surface area contributed by atoms with Gasteiger partial charge in [0, 0.05) is 48.6 Å². The molecule has 2 aliphatic rings. The first-order valence-electron chi connectivity index (χ1n) is 16.3. The van der Waals surface area contributed by atoms with E-state index in [9.17, 15) is 14.7 Å². The lowest BCUT2D eigenvalue weighted by molar-refractivity contribution is -0.134. The van der Waals surface area contributed by atoms with Gasteiger partial charge in [-0.3, -0.25) is 9.69 Å². The summed E-state index contributed by atoms with van der Waals surface area (Å²) in [5, 5.41) is 15.7. The maximum atomic E-state index is 13.6. The van der Waals surface area contributed by atoms with E-state index in [4.69, 9.17) is 14.2 Å². The third-order valence-electron chi connectivity index (χ3n) is 8.81. The highest BCUT2D eigenvalue weighted by Crippen LogP contribution is 2.34. The van der Waals surface area contributed by atoms with Gasteiger partial charge in [-0.2, -0.15) is 0 Å². The SMILES string of the molecule is C[C@@H]1CN([C@@H](C)CO)C(=O)Cc2cc(NC(=O)Nc3ccc4c(c3)OCO4)ccc2O[C@@H]1CN(C)Cc1ccc(-c2ccccc2)cc1. The molecule has 3 N–H and O–H groups in total. The van der Waals surface area contributed by atoms with Gasteiger partial charge in [-0.05, 0) is 61.0 Å². The van der Waals surface area contributed by atoms with Crippen molar-refractivity contribution in [1.29, 1.82) is 0 Å². The maximum absolute atomic E-state index is 13.6. The number of anilines is 2. The molecule has 10 heteroatoms. The average molecular weight is 651 g/mol. The van der Waals surface area contributed by atoms with Crippen molar-refractivity contribution in [1.82, 2.24) is 9.80 Å². The zero-order chi connectivity index (χ0) is 33.6. The Morgan fingerprint density at radius 2 is 1.58 bits per heavy atom. The minimum absolute atomic E-state index is 0.0258. The molecule has 48 heavy (non-hydrogen) atoms. The average Bonchev–Trinajstić information content (AvgIpc) is 3.57. The molecule has 0 bridgehead atoms. The number of fused-ring (bicyclic) bond motifs is 2. The zero-order valence-electron chi connectivity index (χ0n) is 27.5. The standard InChI is InChI=1S/C38H42N4O6/c1-25-20-42(26(2)23-43)37(44)18-30-17-31(39-38(45)40-32-14-16-34-35(19-32)47-24-46-34)13-15-33(30)48-36(25)22-41(3)21-27-9-11-29(12-10-27)28-7-5-4-6-8-28/h4-17,19,25-26,36,43H,18,20-24H2,1-3H3,(H2,39,40,45)/t25-,26+,36-/m1/s1. The largest absolute Gasteiger partial charge is 0.488 e. The predicted molar refractivity (Wildman–Crippen MR) is 185 cm³/mol. The molecule has 10 nitrogen and oxygen atoms in total. The van der Waals surface area contributed by atoms with E-state index in [1.807, 2.05) is 31.2 Å². The third-order valence-corrected chi connectivity index (χ3v) is 8.81. The molecule has 0 saturated heterocycles. The van der Waals surface area contributed by atoms with Gasteiger partial charge in [-0.15, -0.1) is 0 Å². The van der Waals surface area contributed by atoms with Crippen molar-refractivity contribution in [2.24, 2.45) is 5.92 Å². The second-order valence-electron chi connectivity index (χ2n) is 12.6. The number of carbonyl (C=O) groups excluding carboxylic acids is 2. The summed E-state index contributed by atoms with van der Waals surface area (Å²) >= 11 is 0. The van der Waals surface area contributed by atoms with E-state index in [1.54, 1.807) is 35.2 Å². The van der Waals surface area contributed by atoms with Gasteiger partial charge >= 0.3 is 6.03 Å². The number of urea groups is 1. The number of aliphatic hydroxyl groups is 1. The summed E-state index contributed by atoms with van der Waals surface area (Å²) in [5.41, 5.74) is 5.28. The van der Waals surface area contributed by atoms with Crippen LogP contribution in [0.4, 0.5) is 16.2 Å². The number of benzene rings is 4. The molecular formula is C38H42N4O6. The molecule has 0 radical (unpaired) electrons. The molecule has 0 aliphatic carbocycles. The van der Waals surface area contributed by atoms with Crippen LogP contribution >= 0.6 is 0 Å². The third kappa shape index (κ3) is 7.90. The topological polar surface area (TPSA) is 113 Å². The first kappa shape index (κ1) is 32.9. The molecule has 3 atom stereocenters. The Hall–Kier alpha value is -5.06. The predicted octanol–water partition coefficient (Wildman–Crippen LogP) is 6.01. The Morgan fingerprint density at radius 1 is 0.917 bits per heavy atom. The molecule has 0 aromatic heterocycles. The van der Waals surface area contributed by atoms with Crippen LogP contribution in [0.25, 0.3) is 11.1 Å². The number of ether oxygens (including phenoxy) is 3. The van der Waals surface area contributed by atoms with E-state index in [1.165, 1.54) is 16.7 Å². The summed E-state index contributed by atoms with van der Waals surface area (Å²) < 4.78 is 17.4. The maximum Gasteiger partial charge on any atom is 0.323 e. The fraction of sp³-hybridized carbons (Fsp3) is 0.316. The van der Waals surface area contributed by atoms with E-state index in [0.717, 1.165) is 6.54 Å². The second-order valence-corrected chi connectivity index (χ2v) is 12.6. The van der Waals surface area contributed by atoms with Gasteiger partial charge in [0.2, 0.25) is 12.7 Å². The van der Waals surface area contributed by atoms with Crippen LogP contribution in [0.15, 0.2) is 91.0 Å². The summed E-state index contributed by atoms with van der Waals surface area (Å²) in [4.78, 5) is 30.5. The van der Waals surface area contributed by atoms with Gasteiger partial charge in [0.15, 0.2) is 11.5 Å². The van der Waals surface area contributed by atoms with E-state index in [0.29, 0.717) is 47.3 Å². The molecule has 2 aliphatic heterocycles. The summed E-state index contributed by atoms with van der Waals surface area (Å²) in [6.45, 7) is 5.73. The van der Waals surface area contributed by atoms with E-state index < -0.39 is 6.03 Å². The van der Waals surface area contributed by atoms with Crippen molar-refractivity contribution < 1.29 is 28.9 Å². The van der Waals surface area contributed by atoms with E-state index in [2.05, 4.69) is 65.9 Å². The van der Waals surface area contributed by atoms with Crippen molar-refractivity contribution in [3.8, 4) is 28.4 Å². The molecule has 6 rings (SSSR count). The van der Waals surface area contributed by atoms with Crippen LogP contribution < -0.4 is 24.8 Å². The van der Waals surface area contributed by atoms with Crippen molar-refractivity contribution in [2.75, 3.05) is 44.2 Å². The number of hydrogen-bond acceptors (Lipinski definition) is 7. The highest BCUT2D eigenvalue weighted by Gasteiger charge is 2.31. The number of amides is 3. The molecule has 4 aromatic carbocycles. The monoisotopic (exact) mass is 650 g/mol. The summed E-state index contributed by atoms with van der Waals surface area (Å²) in [6, 6.07) is 28.7. The molecular weight excluding hydrogens is 608 g/mol. The van der Waals surface area contributed by atoms with E-state index in [-0.39, 0.29) is 43.8 Å². The highest BCUT2D eigenvalue weighted by atomic mass is 16.7. The highest BCUT2D eigenvalue weighted by molar-refractivity contribution is 6.00.